The average Bonchev–Trinajstić information content (AvgIpc) is 2.67. The van der Waals surface area contributed by atoms with E-state index in [0.29, 0.717) is 5.02 Å². The molecule has 0 radical (unpaired) electrons. The lowest BCUT2D eigenvalue weighted by Gasteiger charge is -2.38. The minimum atomic E-state index is -0.297. The van der Waals surface area contributed by atoms with Crippen molar-refractivity contribution in [1.82, 2.24) is 4.90 Å². The van der Waals surface area contributed by atoms with Crippen LogP contribution in [-0.4, -0.2) is 28.9 Å². The van der Waals surface area contributed by atoms with Gasteiger partial charge in [0, 0.05) is 29.1 Å². The van der Waals surface area contributed by atoms with Crippen LogP contribution < -0.4 is 5.73 Å². The average molecular weight is 411 g/mol. The zero-order valence-corrected chi connectivity index (χ0v) is 17.1. The van der Waals surface area contributed by atoms with Gasteiger partial charge in [-0.25, -0.2) is 0 Å². The molecule has 1 fully saturated rings. The summed E-state index contributed by atoms with van der Waals surface area (Å²) in [4.78, 5) is 15.2. The maximum atomic E-state index is 13.2. The maximum absolute atomic E-state index is 13.2. The van der Waals surface area contributed by atoms with Gasteiger partial charge in [0.25, 0.3) is 0 Å². The maximum Gasteiger partial charge on any atom is 0.227 e. The SMILES string of the molecule is CC(C(=O)N1CCSCC1c1ccc(Cl)cc1)C(N)c1ccccc1.Cl. The van der Waals surface area contributed by atoms with Crippen molar-refractivity contribution in [2.75, 3.05) is 18.1 Å². The predicted octanol–water partition coefficient (Wildman–Crippen LogP) is 4.71. The first-order valence-corrected chi connectivity index (χ1v) is 10.1. The van der Waals surface area contributed by atoms with Gasteiger partial charge in [-0.15, -0.1) is 12.4 Å². The Morgan fingerprint density at radius 2 is 1.85 bits per heavy atom. The van der Waals surface area contributed by atoms with Crippen molar-refractivity contribution in [2.24, 2.45) is 11.7 Å². The van der Waals surface area contributed by atoms with E-state index >= 15 is 0 Å². The number of hydrogen-bond donors (Lipinski definition) is 1. The Kier molecular flexibility index (Phi) is 7.84. The molecule has 0 aromatic heterocycles. The number of amides is 1. The molecule has 140 valence electrons. The Labute approximate surface area is 170 Å². The minimum absolute atomic E-state index is 0. The third-order valence-electron chi connectivity index (χ3n) is 4.78. The quantitative estimate of drug-likeness (QED) is 0.792. The van der Waals surface area contributed by atoms with Crippen molar-refractivity contribution in [1.29, 1.82) is 0 Å². The summed E-state index contributed by atoms with van der Waals surface area (Å²) in [6, 6.07) is 17.4. The highest BCUT2D eigenvalue weighted by molar-refractivity contribution is 7.99. The van der Waals surface area contributed by atoms with E-state index in [-0.39, 0.29) is 36.3 Å². The van der Waals surface area contributed by atoms with Gasteiger partial charge in [-0.1, -0.05) is 61.0 Å². The summed E-state index contributed by atoms with van der Waals surface area (Å²) in [5.41, 5.74) is 8.51. The lowest BCUT2D eigenvalue weighted by molar-refractivity contribution is -0.137. The van der Waals surface area contributed by atoms with Crippen molar-refractivity contribution in [3.63, 3.8) is 0 Å². The number of nitrogens with two attached hydrogens (primary N) is 1. The zero-order chi connectivity index (χ0) is 17.8. The molecule has 1 heterocycles. The van der Waals surface area contributed by atoms with Crippen molar-refractivity contribution >= 4 is 41.7 Å². The number of hydrogen-bond acceptors (Lipinski definition) is 3. The van der Waals surface area contributed by atoms with Crippen molar-refractivity contribution < 1.29 is 4.79 Å². The summed E-state index contributed by atoms with van der Waals surface area (Å²) in [5.74, 6) is 1.72. The van der Waals surface area contributed by atoms with E-state index in [0.717, 1.165) is 29.2 Å². The molecular weight excluding hydrogens is 387 g/mol. The number of benzene rings is 2. The van der Waals surface area contributed by atoms with Crippen molar-refractivity contribution in [3.8, 4) is 0 Å². The number of carbonyl (C=O) groups excluding carboxylic acids is 1. The van der Waals surface area contributed by atoms with Crippen LogP contribution in [0.15, 0.2) is 54.6 Å². The molecule has 1 aliphatic rings. The molecule has 6 heteroatoms. The van der Waals surface area contributed by atoms with E-state index < -0.39 is 0 Å². The first-order valence-electron chi connectivity index (χ1n) is 8.52. The van der Waals surface area contributed by atoms with Crippen LogP contribution in [0.1, 0.15) is 30.1 Å². The molecule has 3 nitrogen and oxygen atoms in total. The lowest BCUT2D eigenvalue weighted by atomic mass is 9.93. The molecule has 0 spiro atoms. The predicted molar refractivity (Wildman–Crippen MR) is 113 cm³/mol. The van der Waals surface area contributed by atoms with Gasteiger partial charge in [0.05, 0.1) is 12.0 Å². The lowest BCUT2D eigenvalue weighted by Crippen LogP contribution is -2.45. The second kappa shape index (κ2) is 9.65. The van der Waals surface area contributed by atoms with Crippen LogP contribution in [-0.2, 0) is 4.79 Å². The summed E-state index contributed by atoms with van der Waals surface area (Å²) in [6.45, 7) is 2.68. The van der Waals surface area contributed by atoms with Gasteiger partial charge in [-0.2, -0.15) is 11.8 Å². The largest absolute Gasteiger partial charge is 0.334 e. The number of halogens is 2. The summed E-state index contributed by atoms with van der Waals surface area (Å²) < 4.78 is 0. The molecule has 2 aromatic carbocycles. The van der Waals surface area contributed by atoms with Gasteiger partial charge in [0.2, 0.25) is 5.91 Å². The van der Waals surface area contributed by atoms with E-state index in [9.17, 15) is 4.79 Å². The highest BCUT2D eigenvalue weighted by Crippen LogP contribution is 2.33. The Morgan fingerprint density at radius 1 is 1.19 bits per heavy atom. The number of thioether (sulfide) groups is 1. The van der Waals surface area contributed by atoms with Gasteiger partial charge >= 0.3 is 0 Å². The molecule has 0 saturated carbocycles. The van der Waals surface area contributed by atoms with Crippen LogP contribution in [0.3, 0.4) is 0 Å². The first-order chi connectivity index (χ1) is 12.1. The smallest absolute Gasteiger partial charge is 0.227 e. The van der Waals surface area contributed by atoms with E-state index in [1.54, 1.807) is 0 Å². The van der Waals surface area contributed by atoms with Crippen molar-refractivity contribution in [2.45, 2.75) is 19.0 Å². The fraction of sp³-hybridized carbons (Fsp3) is 0.350. The second-order valence-corrected chi connectivity index (χ2v) is 7.99. The summed E-state index contributed by atoms with van der Waals surface area (Å²) in [6.07, 6.45) is 0. The highest BCUT2D eigenvalue weighted by atomic mass is 35.5. The van der Waals surface area contributed by atoms with Crippen LogP contribution in [0, 0.1) is 5.92 Å². The molecule has 1 saturated heterocycles. The summed E-state index contributed by atoms with van der Waals surface area (Å²) in [7, 11) is 0. The molecule has 1 amide bonds. The van der Waals surface area contributed by atoms with Gasteiger partial charge in [-0.05, 0) is 23.3 Å². The Hall–Kier alpha value is -1.20. The van der Waals surface area contributed by atoms with Gasteiger partial charge in [0.15, 0.2) is 0 Å². The first kappa shape index (κ1) is 21.1. The Balaban J connectivity index is 0.00000243. The van der Waals surface area contributed by atoms with Gasteiger partial charge in [-0.3, -0.25) is 4.79 Å². The molecular formula is C20H24Cl2N2OS. The fourth-order valence-electron chi connectivity index (χ4n) is 3.21. The van der Waals surface area contributed by atoms with E-state index in [1.165, 1.54) is 0 Å². The molecule has 2 N–H and O–H groups in total. The topological polar surface area (TPSA) is 46.3 Å². The number of carbonyl (C=O) groups is 1. The van der Waals surface area contributed by atoms with Gasteiger partial charge < -0.3 is 10.6 Å². The monoisotopic (exact) mass is 410 g/mol. The molecule has 26 heavy (non-hydrogen) atoms. The van der Waals surface area contributed by atoms with E-state index in [4.69, 9.17) is 17.3 Å². The zero-order valence-electron chi connectivity index (χ0n) is 14.7. The molecule has 2 aromatic rings. The molecule has 0 bridgehead atoms. The summed E-state index contributed by atoms with van der Waals surface area (Å²) >= 11 is 7.89. The standard InChI is InChI=1S/C20H23ClN2OS.ClH/c1-14(19(22)16-5-3-2-4-6-16)20(24)23-11-12-25-13-18(23)15-7-9-17(21)10-8-15;/h2-10,14,18-19H,11-13,22H2,1H3;1H. The van der Waals surface area contributed by atoms with Crippen LogP contribution in [0.4, 0.5) is 0 Å². The summed E-state index contributed by atoms with van der Waals surface area (Å²) in [5, 5.41) is 0.713. The fourth-order valence-corrected chi connectivity index (χ4v) is 4.42. The Bertz CT molecular complexity index is 712. The number of nitrogens with zero attached hydrogens (tertiary/aromatic N) is 1. The molecule has 3 unspecified atom stereocenters. The van der Waals surface area contributed by atoms with Crippen LogP contribution >= 0.6 is 35.8 Å². The normalized spacial score (nSPS) is 19.3. The molecule has 0 aliphatic carbocycles. The second-order valence-electron chi connectivity index (χ2n) is 6.40. The van der Waals surface area contributed by atoms with Crippen LogP contribution in [0.2, 0.25) is 5.02 Å². The Morgan fingerprint density at radius 3 is 2.50 bits per heavy atom. The van der Waals surface area contributed by atoms with Crippen LogP contribution in [0.5, 0.6) is 0 Å². The molecule has 3 rings (SSSR count). The van der Waals surface area contributed by atoms with Gasteiger partial charge in [0.1, 0.15) is 0 Å². The minimum Gasteiger partial charge on any atom is -0.334 e. The number of rotatable bonds is 4. The van der Waals surface area contributed by atoms with Crippen molar-refractivity contribution in [3.05, 3.63) is 70.7 Å². The van der Waals surface area contributed by atoms with E-state index in [1.807, 2.05) is 78.2 Å². The third kappa shape index (κ3) is 4.74. The molecule has 3 atom stereocenters. The highest BCUT2D eigenvalue weighted by Gasteiger charge is 2.33. The molecule has 1 aliphatic heterocycles. The van der Waals surface area contributed by atoms with E-state index in [2.05, 4.69) is 0 Å². The van der Waals surface area contributed by atoms with Crippen LogP contribution in [0.25, 0.3) is 0 Å². The third-order valence-corrected chi connectivity index (χ3v) is 6.05.